The number of benzene rings is 1. The molecule has 0 aliphatic heterocycles. The van der Waals surface area contributed by atoms with E-state index < -0.39 is 35.2 Å². The van der Waals surface area contributed by atoms with Gasteiger partial charge in [0.1, 0.15) is 11.5 Å². The molecule has 2 aromatic rings. The zero-order valence-electron chi connectivity index (χ0n) is 15.4. The Labute approximate surface area is 162 Å². The second-order valence-electron chi connectivity index (χ2n) is 6.15. The van der Waals surface area contributed by atoms with E-state index in [-0.39, 0.29) is 25.8 Å². The van der Waals surface area contributed by atoms with Crippen molar-refractivity contribution < 1.29 is 40.3 Å². The van der Waals surface area contributed by atoms with E-state index in [1.54, 1.807) is 19.1 Å². The molecule has 0 unspecified atom stereocenters. The van der Waals surface area contributed by atoms with E-state index in [0.717, 1.165) is 4.90 Å². The molecule has 29 heavy (non-hydrogen) atoms. The maximum absolute atomic E-state index is 13.0. The van der Waals surface area contributed by atoms with Gasteiger partial charge in [0.15, 0.2) is 0 Å². The molecule has 1 heterocycles. The Kier molecular flexibility index (Phi) is 6.83. The predicted molar refractivity (Wildman–Crippen MR) is 91.2 cm³/mol. The molecule has 2 amide bonds. The minimum atomic E-state index is -5.01. The zero-order chi connectivity index (χ0) is 21.8. The fourth-order valence-corrected chi connectivity index (χ4v) is 2.44. The van der Waals surface area contributed by atoms with Gasteiger partial charge in [-0.15, -0.1) is 0 Å². The Morgan fingerprint density at radius 1 is 1.07 bits per heavy atom. The average molecular weight is 424 g/mol. The van der Waals surface area contributed by atoms with Crippen LogP contribution in [-0.2, 0) is 23.6 Å². The Balaban J connectivity index is 2.29. The molecule has 1 aromatic carbocycles. The molecule has 0 aliphatic carbocycles. The minimum absolute atomic E-state index is 0.00995. The van der Waals surface area contributed by atoms with Gasteiger partial charge in [0.25, 0.3) is 0 Å². The second kappa shape index (κ2) is 8.76. The molecule has 0 fully saturated rings. The van der Waals surface area contributed by atoms with Crippen LogP contribution in [0, 0.1) is 6.92 Å². The molecule has 0 aliphatic rings. The van der Waals surface area contributed by atoms with Crippen molar-refractivity contribution in [3.63, 3.8) is 0 Å². The monoisotopic (exact) mass is 424 g/mol. The molecule has 0 bridgehead atoms. The van der Waals surface area contributed by atoms with Gasteiger partial charge in [-0.05, 0) is 37.3 Å². The number of ether oxygens (including phenoxy) is 1. The summed E-state index contributed by atoms with van der Waals surface area (Å²) < 4.78 is 88.1. The Bertz CT molecular complexity index is 813. The topological polar surface area (TPSA) is 54.7 Å². The third-order valence-electron chi connectivity index (χ3n) is 3.83. The molecule has 0 spiro atoms. The molecule has 11 heteroatoms. The first-order chi connectivity index (χ1) is 13.4. The largest absolute Gasteiger partial charge is 0.464 e. The SMILES string of the molecule is COCCN(Cc1ccc(C)o1)C(=O)Nc1cc(C(F)(F)F)cc(C(F)(F)F)c1. The lowest BCUT2D eigenvalue weighted by Gasteiger charge is -2.22. The number of halogens is 6. The zero-order valence-corrected chi connectivity index (χ0v) is 15.4. The number of furan rings is 1. The van der Waals surface area contributed by atoms with E-state index in [1.165, 1.54) is 7.11 Å². The van der Waals surface area contributed by atoms with Gasteiger partial charge in [0.2, 0.25) is 0 Å². The van der Waals surface area contributed by atoms with Gasteiger partial charge >= 0.3 is 18.4 Å². The lowest BCUT2D eigenvalue weighted by Crippen LogP contribution is -2.36. The number of urea groups is 1. The third-order valence-corrected chi connectivity index (χ3v) is 3.83. The minimum Gasteiger partial charge on any atom is -0.464 e. The molecule has 0 saturated carbocycles. The van der Waals surface area contributed by atoms with Crippen LogP contribution in [0.25, 0.3) is 0 Å². The van der Waals surface area contributed by atoms with Crippen LogP contribution in [0.5, 0.6) is 0 Å². The lowest BCUT2D eigenvalue weighted by molar-refractivity contribution is -0.143. The van der Waals surface area contributed by atoms with Gasteiger partial charge in [-0.25, -0.2) is 4.79 Å². The first-order valence-electron chi connectivity index (χ1n) is 8.30. The number of nitrogens with zero attached hydrogens (tertiary/aromatic N) is 1. The van der Waals surface area contributed by atoms with E-state index in [2.05, 4.69) is 5.32 Å². The van der Waals surface area contributed by atoms with E-state index in [4.69, 9.17) is 9.15 Å². The quantitative estimate of drug-likeness (QED) is 0.640. The van der Waals surface area contributed by atoms with Crippen LogP contribution in [-0.4, -0.2) is 31.2 Å². The number of hydrogen-bond acceptors (Lipinski definition) is 3. The molecular weight excluding hydrogens is 406 g/mol. The molecule has 1 aromatic heterocycles. The number of nitrogens with one attached hydrogen (secondary N) is 1. The molecule has 2 rings (SSSR count). The van der Waals surface area contributed by atoms with Crippen LogP contribution in [0.15, 0.2) is 34.7 Å². The summed E-state index contributed by atoms with van der Waals surface area (Å²) in [6, 6.07) is 3.24. The number of rotatable bonds is 6. The van der Waals surface area contributed by atoms with E-state index in [1.807, 2.05) is 0 Å². The Morgan fingerprint density at radius 3 is 2.10 bits per heavy atom. The molecule has 0 radical (unpaired) electrons. The van der Waals surface area contributed by atoms with Crippen LogP contribution in [0.1, 0.15) is 22.6 Å². The van der Waals surface area contributed by atoms with Crippen molar-refractivity contribution in [2.45, 2.75) is 25.8 Å². The highest BCUT2D eigenvalue weighted by atomic mass is 19.4. The normalized spacial score (nSPS) is 12.1. The van der Waals surface area contributed by atoms with Crippen LogP contribution < -0.4 is 5.32 Å². The number of methoxy groups -OCH3 is 1. The van der Waals surface area contributed by atoms with Crippen molar-refractivity contribution in [3.05, 3.63) is 53.0 Å². The highest BCUT2D eigenvalue weighted by Crippen LogP contribution is 2.37. The predicted octanol–water partition coefficient (Wildman–Crippen LogP) is 5.31. The number of aryl methyl sites for hydroxylation is 1. The second-order valence-corrected chi connectivity index (χ2v) is 6.15. The van der Waals surface area contributed by atoms with Crippen LogP contribution in [0.3, 0.4) is 0 Å². The summed E-state index contributed by atoms with van der Waals surface area (Å²) in [5.74, 6) is 0.980. The Morgan fingerprint density at radius 2 is 1.66 bits per heavy atom. The number of amides is 2. The van der Waals surface area contributed by atoms with Gasteiger partial charge in [0, 0.05) is 19.3 Å². The summed E-state index contributed by atoms with van der Waals surface area (Å²) in [6.45, 7) is 1.77. The average Bonchev–Trinajstić information content (AvgIpc) is 3.01. The summed E-state index contributed by atoms with van der Waals surface area (Å²) in [5, 5.41) is 2.09. The van der Waals surface area contributed by atoms with E-state index in [0.29, 0.717) is 23.7 Å². The van der Waals surface area contributed by atoms with Gasteiger partial charge < -0.3 is 19.4 Å². The Hall–Kier alpha value is -2.69. The van der Waals surface area contributed by atoms with Crippen LogP contribution in [0.4, 0.5) is 36.8 Å². The first-order valence-corrected chi connectivity index (χ1v) is 8.30. The summed E-state index contributed by atoms with van der Waals surface area (Å²) in [5.41, 5.74) is -3.67. The smallest absolute Gasteiger partial charge is 0.416 e. The maximum atomic E-state index is 13.0. The maximum Gasteiger partial charge on any atom is 0.416 e. The lowest BCUT2D eigenvalue weighted by atomic mass is 10.1. The fraction of sp³-hybridized carbons (Fsp3) is 0.389. The van der Waals surface area contributed by atoms with Crippen LogP contribution in [0.2, 0.25) is 0 Å². The number of anilines is 1. The molecule has 160 valence electrons. The van der Waals surface area contributed by atoms with Gasteiger partial charge in [-0.1, -0.05) is 0 Å². The van der Waals surface area contributed by atoms with Crippen molar-refractivity contribution >= 4 is 11.7 Å². The summed E-state index contributed by atoms with van der Waals surface area (Å²) in [6.07, 6.45) is -10.0. The van der Waals surface area contributed by atoms with E-state index >= 15 is 0 Å². The van der Waals surface area contributed by atoms with E-state index in [9.17, 15) is 31.1 Å². The summed E-state index contributed by atoms with van der Waals surface area (Å²) >= 11 is 0. The number of hydrogen-bond donors (Lipinski definition) is 1. The molecular formula is C18H18F6N2O3. The summed E-state index contributed by atoms with van der Waals surface area (Å²) in [4.78, 5) is 13.7. The van der Waals surface area contributed by atoms with Crippen molar-refractivity contribution in [2.75, 3.05) is 25.6 Å². The molecule has 0 atom stereocenters. The van der Waals surface area contributed by atoms with Crippen molar-refractivity contribution in [2.24, 2.45) is 0 Å². The highest BCUT2D eigenvalue weighted by molar-refractivity contribution is 5.89. The number of carbonyl (C=O) groups is 1. The molecule has 0 saturated heterocycles. The van der Waals surface area contributed by atoms with Gasteiger partial charge in [-0.2, -0.15) is 26.3 Å². The number of alkyl halides is 6. The van der Waals surface area contributed by atoms with Crippen molar-refractivity contribution in [3.8, 4) is 0 Å². The summed E-state index contributed by atoms with van der Waals surface area (Å²) in [7, 11) is 1.38. The van der Waals surface area contributed by atoms with Gasteiger partial charge in [0.05, 0.1) is 24.3 Å². The first kappa shape index (κ1) is 22.6. The van der Waals surface area contributed by atoms with Crippen LogP contribution >= 0.6 is 0 Å². The highest BCUT2D eigenvalue weighted by Gasteiger charge is 2.37. The van der Waals surface area contributed by atoms with Crippen molar-refractivity contribution in [1.82, 2.24) is 4.90 Å². The number of carbonyl (C=O) groups excluding carboxylic acids is 1. The van der Waals surface area contributed by atoms with Crippen molar-refractivity contribution in [1.29, 1.82) is 0 Å². The third kappa shape index (κ3) is 6.41. The standard InChI is InChI=1S/C18H18F6N2O3/c1-11-3-4-15(29-11)10-26(5-6-28-2)16(27)25-14-8-12(17(19,20)21)7-13(9-14)18(22,23)24/h3-4,7-9H,5-6,10H2,1-2H3,(H,25,27). The fourth-order valence-electron chi connectivity index (χ4n) is 2.44. The molecule has 1 N–H and O–H groups in total. The van der Waals surface area contributed by atoms with Gasteiger partial charge in [-0.3, -0.25) is 0 Å². The molecule has 5 nitrogen and oxygen atoms in total.